The van der Waals surface area contributed by atoms with E-state index in [4.69, 9.17) is 0 Å². The van der Waals surface area contributed by atoms with Crippen LogP contribution >= 0.6 is 0 Å². The summed E-state index contributed by atoms with van der Waals surface area (Å²) >= 11 is 0. The van der Waals surface area contributed by atoms with Crippen LogP contribution in [0, 0.1) is 0 Å². The minimum absolute atomic E-state index is 0.0145. The van der Waals surface area contributed by atoms with Gasteiger partial charge in [-0.05, 0) is 56.4 Å². The molecule has 0 spiro atoms. The highest BCUT2D eigenvalue weighted by atomic mass is 16.1. The molecule has 0 saturated carbocycles. The third-order valence-electron chi connectivity index (χ3n) is 3.33. The standard InChI is InChI=1S/C17H22N2O/c1-19(2)12-6-5-11-18-17(20)16-10-9-14-7-3-4-8-15(14)13-16/h3-4,7-10,13H,5-6,11-12H2,1-2H3,(H,18,20). The molecule has 0 fully saturated rings. The van der Waals surface area contributed by atoms with Crippen molar-refractivity contribution in [2.75, 3.05) is 27.2 Å². The Morgan fingerprint density at radius 3 is 2.55 bits per heavy atom. The molecule has 0 aliphatic carbocycles. The van der Waals surface area contributed by atoms with Gasteiger partial charge < -0.3 is 10.2 Å². The molecule has 1 amide bonds. The Hall–Kier alpha value is -1.87. The summed E-state index contributed by atoms with van der Waals surface area (Å²) < 4.78 is 0. The first-order valence-electron chi connectivity index (χ1n) is 7.08. The molecule has 0 aliphatic heterocycles. The second-order valence-corrected chi connectivity index (χ2v) is 5.33. The number of benzene rings is 2. The van der Waals surface area contributed by atoms with Crippen LogP contribution in [-0.4, -0.2) is 38.0 Å². The van der Waals surface area contributed by atoms with Gasteiger partial charge in [-0.3, -0.25) is 4.79 Å². The van der Waals surface area contributed by atoms with Crippen molar-refractivity contribution in [3.8, 4) is 0 Å². The van der Waals surface area contributed by atoms with Gasteiger partial charge in [0, 0.05) is 12.1 Å². The summed E-state index contributed by atoms with van der Waals surface area (Å²) in [6, 6.07) is 13.9. The van der Waals surface area contributed by atoms with Crippen LogP contribution in [0.15, 0.2) is 42.5 Å². The molecule has 0 radical (unpaired) electrons. The van der Waals surface area contributed by atoms with E-state index in [1.807, 2.05) is 36.4 Å². The zero-order chi connectivity index (χ0) is 14.4. The van der Waals surface area contributed by atoms with Crippen LogP contribution in [0.2, 0.25) is 0 Å². The average molecular weight is 270 g/mol. The van der Waals surface area contributed by atoms with Gasteiger partial charge in [0.05, 0.1) is 0 Å². The molecule has 2 aromatic carbocycles. The molecule has 0 saturated heterocycles. The van der Waals surface area contributed by atoms with Crippen molar-refractivity contribution in [1.29, 1.82) is 0 Å². The molecule has 0 atom stereocenters. The number of nitrogens with zero attached hydrogens (tertiary/aromatic N) is 1. The van der Waals surface area contributed by atoms with Gasteiger partial charge in [0.25, 0.3) is 5.91 Å². The Balaban J connectivity index is 1.87. The first kappa shape index (κ1) is 14.5. The van der Waals surface area contributed by atoms with Gasteiger partial charge in [0.15, 0.2) is 0 Å². The van der Waals surface area contributed by atoms with Crippen molar-refractivity contribution >= 4 is 16.7 Å². The highest BCUT2D eigenvalue weighted by Crippen LogP contribution is 2.15. The molecule has 0 aliphatic rings. The lowest BCUT2D eigenvalue weighted by molar-refractivity contribution is 0.0953. The van der Waals surface area contributed by atoms with Gasteiger partial charge in [0.1, 0.15) is 0 Å². The molecule has 0 aromatic heterocycles. The van der Waals surface area contributed by atoms with Crippen molar-refractivity contribution < 1.29 is 4.79 Å². The Labute approximate surface area is 120 Å². The van der Waals surface area contributed by atoms with Crippen molar-refractivity contribution in [3.05, 3.63) is 48.0 Å². The van der Waals surface area contributed by atoms with Gasteiger partial charge in [-0.2, -0.15) is 0 Å². The molecule has 0 bridgehead atoms. The minimum Gasteiger partial charge on any atom is -0.352 e. The van der Waals surface area contributed by atoms with E-state index >= 15 is 0 Å². The maximum Gasteiger partial charge on any atom is 0.251 e. The maximum absolute atomic E-state index is 12.1. The summed E-state index contributed by atoms with van der Waals surface area (Å²) in [6.45, 7) is 1.80. The Morgan fingerprint density at radius 2 is 1.80 bits per heavy atom. The van der Waals surface area contributed by atoms with E-state index in [0.29, 0.717) is 0 Å². The van der Waals surface area contributed by atoms with Crippen LogP contribution in [0.3, 0.4) is 0 Å². The van der Waals surface area contributed by atoms with Crippen molar-refractivity contribution in [2.24, 2.45) is 0 Å². The molecule has 0 heterocycles. The summed E-state index contributed by atoms with van der Waals surface area (Å²) in [6.07, 6.45) is 2.11. The van der Waals surface area contributed by atoms with E-state index in [0.717, 1.165) is 42.3 Å². The molecular formula is C17H22N2O. The highest BCUT2D eigenvalue weighted by molar-refractivity contribution is 5.98. The third kappa shape index (κ3) is 4.07. The molecule has 3 heteroatoms. The molecule has 3 nitrogen and oxygen atoms in total. The lowest BCUT2D eigenvalue weighted by atomic mass is 10.1. The molecule has 0 unspecified atom stereocenters. The lowest BCUT2D eigenvalue weighted by Crippen LogP contribution is -2.25. The minimum atomic E-state index is 0.0145. The number of rotatable bonds is 6. The second kappa shape index (κ2) is 7.06. The topological polar surface area (TPSA) is 32.3 Å². The Kier molecular flexibility index (Phi) is 5.13. The zero-order valence-corrected chi connectivity index (χ0v) is 12.2. The number of amides is 1. The van der Waals surface area contributed by atoms with E-state index < -0.39 is 0 Å². The summed E-state index contributed by atoms with van der Waals surface area (Å²) in [5.41, 5.74) is 0.733. The molecule has 2 aromatic rings. The zero-order valence-electron chi connectivity index (χ0n) is 12.2. The number of hydrogen-bond donors (Lipinski definition) is 1. The van der Waals surface area contributed by atoms with Gasteiger partial charge in [-0.1, -0.05) is 30.3 Å². The summed E-state index contributed by atoms with van der Waals surface area (Å²) in [4.78, 5) is 14.2. The normalized spacial score (nSPS) is 10.9. The lowest BCUT2D eigenvalue weighted by Gasteiger charge is -2.09. The number of carbonyl (C=O) groups excluding carboxylic acids is 1. The fourth-order valence-corrected chi connectivity index (χ4v) is 2.19. The summed E-state index contributed by atoms with van der Waals surface area (Å²) in [5.74, 6) is 0.0145. The first-order chi connectivity index (χ1) is 9.66. The van der Waals surface area contributed by atoms with E-state index in [1.54, 1.807) is 0 Å². The average Bonchev–Trinajstić information content (AvgIpc) is 2.46. The van der Waals surface area contributed by atoms with Crippen LogP contribution in [-0.2, 0) is 0 Å². The van der Waals surface area contributed by atoms with Crippen molar-refractivity contribution in [1.82, 2.24) is 10.2 Å². The molecule has 2 rings (SSSR count). The van der Waals surface area contributed by atoms with Gasteiger partial charge in [-0.15, -0.1) is 0 Å². The van der Waals surface area contributed by atoms with Crippen LogP contribution in [0.1, 0.15) is 23.2 Å². The number of unbranched alkanes of at least 4 members (excludes halogenated alkanes) is 1. The fourth-order valence-electron chi connectivity index (χ4n) is 2.19. The Bertz CT molecular complexity index is 578. The summed E-state index contributed by atoms with van der Waals surface area (Å²) in [5, 5.41) is 5.25. The fraction of sp³-hybridized carbons (Fsp3) is 0.353. The van der Waals surface area contributed by atoms with Crippen LogP contribution in [0.5, 0.6) is 0 Å². The quantitative estimate of drug-likeness (QED) is 0.819. The molecule has 1 N–H and O–H groups in total. The van der Waals surface area contributed by atoms with Gasteiger partial charge in [0.2, 0.25) is 0 Å². The second-order valence-electron chi connectivity index (χ2n) is 5.33. The van der Waals surface area contributed by atoms with Crippen LogP contribution < -0.4 is 5.32 Å². The number of hydrogen-bond acceptors (Lipinski definition) is 2. The molecule has 106 valence electrons. The number of carbonyl (C=O) groups is 1. The Morgan fingerprint density at radius 1 is 1.05 bits per heavy atom. The van der Waals surface area contributed by atoms with Gasteiger partial charge >= 0.3 is 0 Å². The van der Waals surface area contributed by atoms with E-state index in [9.17, 15) is 4.79 Å². The molecule has 20 heavy (non-hydrogen) atoms. The SMILES string of the molecule is CN(C)CCCCNC(=O)c1ccc2ccccc2c1. The van der Waals surface area contributed by atoms with Crippen LogP contribution in [0.4, 0.5) is 0 Å². The predicted molar refractivity (Wildman–Crippen MR) is 84.1 cm³/mol. The van der Waals surface area contributed by atoms with Crippen LogP contribution in [0.25, 0.3) is 10.8 Å². The summed E-state index contributed by atoms with van der Waals surface area (Å²) in [7, 11) is 4.13. The molecular weight excluding hydrogens is 248 g/mol. The van der Waals surface area contributed by atoms with Crippen molar-refractivity contribution in [3.63, 3.8) is 0 Å². The van der Waals surface area contributed by atoms with E-state index in [1.165, 1.54) is 0 Å². The smallest absolute Gasteiger partial charge is 0.251 e. The number of fused-ring (bicyclic) bond motifs is 1. The highest BCUT2D eigenvalue weighted by Gasteiger charge is 2.05. The van der Waals surface area contributed by atoms with E-state index in [-0.39, 0.29) is 5.91 Å². The van der Waals surface area contributed by atoms with E-state index in [2.05, 4.69) is 30.4 Å². The monoisotopic (exact) mass is 270 g/mol. The van der Waals surface area contributed by atoms with Gasteiger partial charge in [-0.25, -0.2) is 0 Å². The maximum atomic E-state index is 12.1. The van der Waals surface area contributed by atoms with Crippen molar-refractivity contribution in [2.45, 2.75) is 12.8 Å². The predicted octanol–water partition coefficient (Wildman–Crippen LogP) is 2.91. The largest absolute Gasteiger partial charge is 0.352 e. The third-order valence-corrected chi connectivity index (χ3v) is 3.33. The number of nitrogens with one attached hydrogen (secondary N) is 1. The first-order valence-corrected chi connectivity index (χ1v) is 7.08.